The molecule has 4 rings (SSSR count). The number of hydrogen-bond donors (Lipinski definition) is 1. The molecule has 4 heterocycles. The lowest BCUT2D eigenvalue weighted by Crippen LogP contribution is -2.56. The molecule has 32 heavy (non-hydrogen) atoms. The van der Waals surface area contributed by atoms with Gasteiger partial charge in [-0.1, -0.05) is 13.0 Å². The molecule has 0 radical (unpaired) electrons. The molecule has 0 saturated carbocycles. The van der Waals surface area contributed by atoms with Crippen LogP contribution in [0.1, 0.15) is 30.7 Å². The molecule has 2 aromatic rings. The first kappa shape index (κ1) is 25.0. The van der Waals surface area contributed by atoms with Gasteiger partial charge in [0.25, 0.3) is 0 Å². The van der Waals surface area contributed by atoms with Crippen LogP contribution in [-0.2, 0) is 11.8 Å². The number of nitrogens with zero attached hydrogens (tertiary/aromatic N) is 6. The number of carbonyl (C=O) groups is 1. The molecule has 0 bridgehead atoms. The Hall–Kier alpha value is -1.66. The van der Waals surface area contributed by atoms with Crippen molar-refractivity contribution in [2.75, 3.05) is 51.2 Å². The lowest BCUT2D eigenvalue weighted by molar-refractivity contribution is -0.120. The maximum atomic E-state index is 12.8. The molecule has 2 saturated heterocycles. The van der Waals surface area contributed by atoms with E-state index in [0.29, 0.717) is 19.1 Å². The predicted molar refractivity (Wildman–Crippen MR) is 141 cm³/mol. The average molecular weight is 572 g/mol. The van der Waals surface area contributed by atoms with Gasteiger partial charge in [0.05, 0.1) is 17.9 Å². The van der Waals surface area contributed by atoms with Gasteiger partial charge in [0, 0.05) is 44.8 Å². The second kappa shape index (κ2) is 11.5. The molecule has 1 unspecified atom stereocenters. The zero-order chi connectivity index (χ0) is 21.8. The highest BCUT2D eigenvalue weighted by Crippen LogP contribution is 2.29. The maximum Gasteiger partial charge on any atom is 0.246 e. The van der Waals surface area contributed by atoms with E-state index < -0.39 is 0 Å². The summed E-state index contributed by atoms with van der Waals surface area (Å²) in [5.74, 6) is 1.68. The van der Waals surface area contributed by atoms with E-state index in [1.807, 2.05) is 24.6 Å². The number of aliphatic imine (C=N–C) groups is 1. The van der Waals surface area contributed by atoms with Gasteiger partial charge in [0.1, 0.15) is 6.54 Å². The first-order valence-corrected chi connectivity index (χ1v) is 11.9. The molecule has 176 valence electrons. The van der Waals surface area contributed by atoms with Crippen molar-refractivity contribution in [3.05, 3.63) is 34.8 Å². The SMILES string of the molecule is CN=C(NCC(c1cccs1)N1CCC(C)CC1)N1CCN(c2cnn(C)c2)C(=O)C1.I. The summed E-state index contributed by atoms with van der Waals surface area (Å²) in [5.41, 5.74) is 0.854. The molecular formula is C22H34IN7OS. The molecule has 1 atom stereocenters. The molecule has 0 spiro atoms. The zero-order valence-corrected chi connectivity index (χ0v) is 22.3. The number of likely N-dealkylation sites (tertiary alicyclic amines) is 1. The predicted octanol–water partition coefficient (Wildman–Crippen LogP) is 2.80. The number of guanidine groups is 1. The highest BCUT2D eigenvalue weighted by Gasteiger charge is 2.29. The van der Waals surface area contributed by atoms with Gasteiger partial charge in [-0.15, -0.1) is 35.3 Å². The van der Waals surface area contributed by atoms with Crippen molar-refractivity contribution in [1.82, 2.24) is 24.9 Å². The number of aromatic nitrogens is 2. The second-order valence-corrected chi connectivity index (χ2v) is 9.50. The summed E-state index contributed by atoms with van der Waals surface area (Å²) < 4.78 is 1.72. The Kier molecular flexibility index (Phi) is 8.95. The Morgan fingerprint density at radius 3 is 2.69 bits per heavy atom. The van der Waals surface area contributed by atoms with Crippen LogP contribution in [0, 0.1) is 5.92 Å². The minimum absolute atomic E-state index is 0. The largest absolute Gasteiger partial charge is 0.354 e. The number of hydrogen-bond acceptors (Lipinski definition) is 5. The number of thiophene rings is 1. The Bertz CT molecular complexity index is 892. The Morgan fingerprint density at radius 2 is 2.09 bits per heavy atom. The van der Waals surface area contributed by atoms with E-state index in [0.717, 1.165) is 43.7 Å². The van der Waals surface area contributed by atoms with Gasteiger partial charge in [-0.25, -0.2) is 0 Å². The van der Waals surface area contributed by atoms with Gasteiger partial charge < -0.3 is 15.1 Å². The normalized spacial score (nSPS) is 19.7. The quantitative estimate of drug-likeness (QED) is 0.340. The van der Waals surface area contributed by atoms with E-state index in [2.05, 4.69) is 49.6 Å². The monoisotopic (exact) mass is 571 g/mol. The molecule has 2 aromatic heterocycles. The summed E-state index contributed by atoms with van der Waals surface area (Å²) in [7, 11) is 3.66. The fourth-order valence-corrected chi connectivity index (χ4v) is 5.29. The van der Waals surface area contributed by atoms with Crippen molar-refractivity contribution in [2.24, 2.45) is 18.0 Å². The minimum atomic E-state index is 0. The number of amides is 1. The summed E-state index contributed by atoms with van der Waals surface area (Å²) in [4.78, 5) is 25.1. The molecule has 10 heteroatoms. The van der Waals surface area contributed by atoms with Crippen LogP contribution < -0.4 is 10.2 Å². The fourth-order valence-electron chi connectivity index (χ4n) is 4.43. The van der Waals surface area contributed by atoms with Crippen LogP contribution in [0.2, 0.25) is 0 Å². The van der Waals surface area contributed by atoms with Crippen LogP contribution in [0.25, 0.3) is 0 Å². The fraction of sp³-hybridized carbons (Fsp3) is 0.591. The third-order valence-electron chi connectivity index (χ3n) is 6.32. The first-order chi connectivity index (χ1) is 15.0. The zero-order valence-electron chi connectivity index (χ0n) is 19.1. The van der Waals surface area contributed by atoms with E-state index >= 15 is 0 Å². The number of halogens is 1. The molecule has 2 aliphatic heterocycles. The molecule has 1 amide bonds. The van der Waals surface area contributed by atoms with Crippen LogP contribution >= 0.6 is 35.3 Å². The molecule has 2 aliphatic rings. The van der Waals surface area contributed by atoms with Gasteiger partial charge in [-0.3, -0.25) is 19.4 Å². The van der Waals surface area contributed by atoms with Crippen LogP contribution in [0.15, 0.2) is 34.9 Å². The van der Waals surface area contributed by atoms with Gasteiger partial charge in [-0.05, 0) is 43.3 Å². The summed E-state index contributed by atoms with van der Waals surface area (Å²) >= 11 is 1.82. The Balaban J connectivity index is 0.00000289. The summed E-state index contributed by atoms with van der Waals surface area (Å²) in [5, 5.41) is 9.91. The van der Waals surface area contributed by atoms with E-state index in [1.165, 1.54) is 17.7 Å². The smallest absolute Gasteiger partial charge is 0.246 e. The van der Waals surface area contributed by atoms with E-state index in [9.17, 15) is 4.79 Å². The minimum Gasteiger partial charge on any atom is -0.354 e. The van der Waals surface area contributed by atoms with Gasteiger partial charge >= 0.3 is 0 Å². The summed E-state index contributed by atoms with van der Waals surface area (Å²) in [6.45, 7) is 7.09. The number of nitrogens with one attached hydrogen (secondary N) is 1. The maximum absolute atomic E-state index is 12.8. The van der Waals surface area contributed by atoms with Gasteiger partial charge in [-0.2, -0.15) is 5.10 Å². The van der Waals surface area contributed by atoms with E-state index in [-0.39, 0.29) is 29.9 Å². The van der Waals surface area contributed by atoms with Crippen molar-refractivity contribution in [3.63, 3.8) is 0 Å². The molecule has 1 N–H and O–H groups in total. The average Bonchev–Trinajstić information content (AvgIpc) is 3.44. The Morgan fingerprint density at radius 1 is 1.31 bits per heavy atom. The number of aryl methyl sites for hydroxylation is 1. The van der Waals surface area contributed by atoms with E-state index in [1.54, 1.807) is 22.8 Å². The van der Waals surface area contributed by atoms with Crippen LogP contribution in [0.4, 0.5) is 5.69 Å². The summed E-state index contributed by atoms with van der Waals surface area (Å²) in [6.07, 6.45) is 6.13. The topological polar surface area (TPSA) is 69.0 Å². The Labute approximate surface area is 211 Å². The molecule has 2 fully saturated rings. The van der Waals surface area contributed by atoms with E-state index in [4.69, 9.17) is 0 Å². The number of anilines is 1. The number of piperazine rings is 1. The van der Waals surface area contributed by atoms with Gasteiger partial charge in [0.2, 0.25) is 5.91 Å². The lowest BCUT2D eigenvalue weighted by atomic mass is 9.97. The van der Waals surface area contributed by atoms with Crippen molar-refractivity contribution in [1.29, 1.82) is 0 Å². The number of carbonyl (C=O) groups excluding carboxylic acids is 1. The summed E-state index contributed by atoms with van der Waals surface area (Å²) in [6, 6.07) is 4.69. The van der Waals surface area contributed by atoms with Crippen molar-refractivity contribution < 1.29 is 4.79 Å². The lowest BCUT2D eigenvalue weighted by Gasteiger charge is -2.38. The number of piperidine rings is 1. The third kappa shape index (κ3) is 5.82. The molecule has 0 aliphatic carbocycles. The standard InChI is InChI=1S/C22H33N7OS.HI/c1-17-6-8-27(9-7-17)19(20-5-4-12-31-20)14-24-22(23-2)28-10-11-29(21(30)16-28)18-13-25-26(3)15-18;/h4-5,12-13,15,17,19H,6-11,14,16H2,1-3H3,(H,23,24);1H. The van der Waals surface area contributed by atoms with Crippen LogP contribution in [0.5, 0.6) is 0 Å². The van der Waals surface area contributed by atoms with Crippen LogP contribution in [0.3, 0.4) is 0 Å². The molecule has 0 aromatic carbocycles. The van der Waals surface area contributed by atoms with Crippen molar-refractivity contribution in [3.8, 4) is 0 Å². The third-order valence-corrected chi connectivity index (χ3v) is 7.29. The van der Waals surface area contributed by atoms with Gasteiger partial charge in [0.15, 0.2) is 5.96 Å². The number of rotatable bonds is 5. The first-order valence-electron chi connectivity index (χ1n) is 11.1. The van der Waals surface area contributed by atoms with Crippen molar-refractivity contribution >= 4 is 52.9 Å². The molecular weight excluding hydrogens is 537 g/mol. The van der Waals surface area contributed by atoms with Crippen LogP contribution in [-0.4, -0.2) is 77.8 Å². The highest BCUT2D eigenvalue weighted by molar-refractivity contribution is 14.0. The highest BCUT2D eigenvalue weighted by atomic mass is 127. The van der Waals surface area contributed by atoms with Crippen molar-refractivity contribution in [2.45, 2.75) is 25.8 Å². The molecule has 8 nitrogen and oxygen atoms in total. The second-order valence-electron chi connectivity index (χ2n) is 8.52.